The van der Waals surface area contributed by atoms with Crippen molar-refractivity contribution in [3.8, 4) is 11.5 Å². The minimum absolute atomic E-state index is 0.109. The van der Waals surface area contributed by atoms with E-state index < -0.39 is 11.6 Å². The molecule has 0 bridgehead atoms. The molecule has 0 atom stereocenters. The van der Waals surface area contributed by atoms with Crippen LogP contribution in [0, 0.1) is 0 Å². The molecular weight excluding hydrogens is 318 g/mol. The van der Waals surface area contributed by atoms with E-state index in [0.29, 0.717) is 5.69 Å². The lowest BCUT2D eigenvalue weighted by Gasteiger charge is -2.26. The Hall–Kier alpha value is -2.82. The molecule has 0 amide bonds. The molecular formula is C20H19NO4. The third-order valence-electron chi connectivity index (χ3n) is 5.11. The van der Waals surface area contributed by atoms with Crippen LogP contribution in [0.5, 0.6) is 11.5 Å². The summed E-state index contributed by atoms with van der Waals surface area (Å²) in [6, 6.07) is 8.01. The second kappa shape index (κ2) is 5.92. The van der Waals surface area contributed by atoms with E-state index >= 15 is 0 Å². The molecule has 4 rings (SSSR count). The van der Waals surface area contributed by atoms with Gasteiger partial charge in [0.1, 0.15) is 5.75 Å². The number of rotatable bonds is 2. The molecule has 2 aliphatic carbocycles. The normalized spacial score (nSPS) is 17.1. The number of phenolic OH excluding ortho intramolecular Hbond substituents is 2. The number of anilines is 1. The molecule has 0 spiro atoms. The summed E-state index contributed by atoms with van der Waals surface area (Å²) in [5, 5.41) is 24.3. The highest BCUT2D eigenvalue weighted by atomic mass is 16.3. The number of hydrogen-bond donors (Lipinski definition) is 3. The molecule has 0 unspecified atom stereocenters. The van der Waals surface area contributed by atoms with E-state index in [4.69, 9.17) is 0 Å². The van der Waals surface area contributed by atoms with E-state index in [0.717, 1.165) is 25.7 Å². The van der Waals surface area contributed by atoms with Gasteiger partial charge in [0.2, 0.25) is 0 Å². The SMILES string of the molecule is O=C1c2ccccc2C(=O)c2c(O)c(NC3CCCCC3)cc(O)c21. The van der Waals surface area contributed by atoms with E-state index in [1.54, 1.807) is 24.3 Å². The second-order valence-corrected chi connectivity index (χ2v) is 6.72. The number of carbonyl (C=O) groups excluding carboxylic acids is 2. The first-order chi connectivity index (χ1) is 12.1. The van der Waals surface area contributed by atoms with Gasteiger partial charge in [0.15, 0.2) is 17.3 Å². The fraction of sp³-hybridized carbons (Fsp3) is 0.300. The van der Waals surface area contributed by atoms with Crippen LogP contribution >= 0.6 is 0 Å². The third-order valence-corrected chi connectivity index (χ3v) is 5.11. The summed E-state index contributed by atoms with van der Waals surface area (Å²) >= 11 is 0. The molecule has 2 aromatic carbocycles. The number of hydrogen-bond acceptors (Lipinski definition) is 5. The second-order valence-electron chi connectivity index (χ2n) is 6.72. The number of benzene rings is 2. The maximum atomic E-state index is 12.8. The molecule has 1 fully saturated rings. The molecule has 5 heteroatoms. The number of aromatic hydroxyl groups is 2. The molecule has 0 aliphatic heterocycles. The van der Waals surface area contributed by atoms with Crippen molar-refractivity contribution in [3.63, 3.8) is 0 Å². The van der Waals surface area contributed by atoms with Gasteiger partial charge in [-0.3, -0.25) is 9.59 Å². The van der Waals surface area contributed by atoms with Crippen LogP contribution in [0.25, 0.3) is 0 Å². The lowest BCUT2D eigenvalue weighted by molar-refractivity contribution is 0.0974. The van der Waals surface area contributed by atoms with Crippen LogP contribution in [-0.4, -0.2) is 27.8 Å². The highest BCUT2D eigenvalue weighted by Gasteiger charge is 2.35. The Kier molecular flexibility index (Phi) is 3.71. The van der Waals surface area contributed by atoms with Crippen LogP contribution in [0.1, 0.15) is 63.9 Å². The van der Waals surface area contributed by atoms with Crippen LogP contribution in [0.4, 0.5) is 5.69 Å². The van der Waals surface area contributed by atoms with Gasteiger partial charge in [-0.25, -0.2) is 0 Å². The standard InChI is InChI=1S/C20H19NO4/c22-15-10-14(21-11-6-2-1-3-7-11)20(25)17-16(15)18(23)12-8-4-5-9-13(12)19(17)24/h4-5,8-11,21-22,25H,1-3,6-7H2. The van der Waals surface area contributed by atoms with Gasteiger partial charge in [-0.05, 0) is 12.8 Å². The maximum Gasteiger partial charge on any atom is 0.198 e. The Morgan fingerprint density at radius 3 is 2.12 bits per heavy atom. The molecule has 1 saturated carbocycles. The van der Waals surface area contributed by atoms with E-state index in [1.807, 2.05) is 0 Å². The fourth-order valence-corrected chi connectivity index (χ4v) is 3.83. The molecule has 2 aliphatic rings. The molecule has 3 N–H and O–H groups in total. The van der Waals surface area contributed by atoms with Crippen molar-refractivity contribution < 1.29 is 19.8 Å². The highest BCUT2D eigenvalue weighted by Crippen LogP contribution is 2.42. The Morgan fingerprint density at radius 1 is 0.880 bits per heavy atom. The summed E-state index contributed by atoms with van der Waals surface area (Å²) in [4.78, 5) is 25.5. The van der Waals surface area contributed by atoms with Crippen molar-refractivity contribution >= 4 is 17.3 Å². The first-order valence-corrected chi connectivity index (χ1v) is 8.62. The largest absolute Gasteiger partial charge is 0.507 e. The molecule has 2 aromatic rings. The Labute approximate surface area is 145 Å². The van der Waals surface area contributed by atoms with Gasteiger partial charge in [0.25, 0.3) is 0 Å². The Balaban J connectivity index is 1.81. The summed E-state index contributed by atoms with van der Waals surface area (Å²) in [6.07, 6.45) is 5.38. The van der Waals surface area contributed by atoms with E-state index in [-0.39, 0.29) is 39.8 Å². The van der Waals surface area contributed by atoms with Gasteiger partial charge in [0.05, 0.1) is 16.8 Å². The topological polar surface area (TPSA) is 86.6 Å². The van der Waals surface area contributed by atoms with Crippen LogP contribution in [-0.2, 0) is 0 Å². The lowest BCUT2D eigenvalue weighted by atomic mass is 9.82. The zero-order valence-corrected chi connectivity index (χ0v) is 13.7. The number of ketones is 2. The summed E-state index contributed by atoms with van der Waals surface area (Å²) in [5.74, 6) is -1.42. The summed E-state index contributed by atoms with van der Waals surface area (Å²) in [6.45, 7) is 0. The van der Waals surface area contributed by atoms with Crippen LogP contribution in [0.3, 0.4) is 0 Å². The Bertz CT molecular complexity index is 882. The quantitative estimate of drug-likeness (QED) is 0.491. The molecule has 5 nitrogen and oxygen atoms in total. The number of fused-ring (bicyclic) bond motifs is 2. The van der Waals surface area contributed by atoms with Crippen molar-refractivity contribution in [2.24, 2.45) is 0 Å². The molecule has 25 heavy (non-hydrogen) atoms. The van der Waals surface area contributed by atoms with E-state index in [1.165, 1.54) is 12.5 Å². The number of nitrogens with one attached hydrogen (secondary N) is 1. The van der Waals surface area contributed by atoms with Gasteiger partial charge in [-0.15, -0.1) is 0 Å². The first-order valence-electron chi connectivity index (χ1n) is 8.62. The minimum atomic E-state index is -0.442. The third kappa shape index (κ3) is 2.47. The minimum Gasteiger partial charge on any atom is -0.507 e. The summed E-state index contributed by atoms with van der Waals surface area (Å²) < 4.78 is 0. The van der Waals surface area contributed by atoms with Crippen molar-refractivity contribution in [2.75, 3.05) is 5.32 Å². The van der Waals surface area contributed by atoms with E-state index in [2.05, 4.69) is 5.32 Å². The van der Waals surface area contributed by atoms with Crippen LogP contribution < -0.4 is 5.32 Å². The molecule has 0 heterocycles. The van der Waals surface area contributed by atoms with Crippen molar-refractivity contribution in [1.82, 2.24) is 0 Å². The zero-order valence-electron chi connectivity index (χ0n) is 13.7. The fourth-order valence-electron chi connectivity index (χ4n) is 3.83. The van der Waals surface area contributed by atoms with Crippen LogP contribution in [0.2, 0.25) is 0 Å². The first kappa shape index (κ1) is 15.7. The average molecular weight is 337 g/mol. The number of phenols is 2. The predicted octanol–water partition coefficient (Wildman–Crippen LogP) is 3.62. The average Bonchev–Trinajstić information content (AvgIpc) is 2.63. The van der Waals surface area contributed by atoms with Crippen molar-refractivity contribution in [1.29, 1.82) is 0 Å². The summed E-state index contributed by atoms with van der Waals surface area (Å²) in [5.41, 5.74) is 0.591. The monoisotopic (exact) mass is 337 g/mol. The molecule has 0 saturated heterocycles. The van der Waals surface area contributed by atoms with Crippen LogP contribution in [0.15, 0.2) is 30.3 Å². The van der Waals surface area contributed by atoms with Crippen molar-refractivity contribution in [3.05, 3.63) is 52.6 Å². The highest BCUT2D eigenvalue weighted by molar-refractivity contribution is 6.30. The summed E-state index contributed by atoms with van der Waals surface area (Å²) in [7, 11) is 0. The van der Waals surface area contributed by atoms with Gasteiger partial charge in [-0.2, -0.15) is 0 Å². The van der Waals surface area contributed by atoms with Gasteiger partial charge < -0.3 is 15.5 Å². The van der Waals surface area contributed by atoms with Gasteiger partial charge >= 0.3 is 0 Å². The smallest absolute Gasteiger partial charge is 0.198 e. The van der Waals surface area contributed by atoms with Gasteiger partial charge in [-0.1, -0.05) is 43.5 Å². The predicted molar refractivity (Wildman–Crippen MR) is 93.6 cm³/mol. The zero-order chi connectivity index (χ0) is 17.6. The Morgan fingerprint density at radius 2 is 1.48 bits per heavy atom. The van der Waals surface area contributed by atoms with Gasteiger partial charge in [0, 0.05) is 23.2 Å². The number of carbonyl (C=O) groups is 2. The van der Waals surface area contributed by atoms with Crippen molar-refractivity contribution in [2.45, 2.75) is 38.1 Å². The lowest BCUT2D eigenvalue weighted by Crippen LogP contribution is -2.24. The maximum absolute atomic E-state index is 12.8. The molecule has 128 valence electrons. The molecule has 0 radical (unpaired) electrons. The molecule has 0 aromatic heterocycles. The van der Waals surface area contributed by atoms with E-state index in [9.17, 15) is 19.8 Å².